The van der Waals surface area contributed by atoms with Crippen LogP contribution in [0.25, 0.3) is 0 Å². The van der Waals surface area contributed by atoms with E-state index in [1.807, 2.05) is 11.8 Å². The second-order valence-electron chi connectivity index (χ2n) is 6.08. The molecule has 2 aromatic rings. The normalized spacial score (nSPS) is 19.8. The molecule has 0 aliphatic carbocycles. The molecule has 0 saturated carbocycles. The lowest BCUT2D eigenvalue weighted by Gasteiger charge is -2.30. The van der Waals surface area contributed by atoms with Crippen molar-refractivity contribution in [3.8, 4) is 0 Å². The van der Waals surface area contributed by atoms with Crippen LogP contribution < -0.4 is 0 Å². The highest BCUT2D eigenvalue weighted by Crippen LogP contribution is 2.28. The van der Waals surface area contributed by atoms with Crippen molar-refractivity contribution in [3.05, 3.63) is 22.3 Å². The number of piperidine rings is 1. The van der Waals surface area contributed by atoms with Gasteiger partial charge in [-0.05, 0) is 37.7 Å². The highest BCUT2D eigenvalue weighted by Gasteiger charge is 2.30. The van der Waals surface area contributed by atoms with Gasteiger partial charge < -0.3 is 9.42 Å². The van der Waals surface area contributed by atoms with Gasteiger partial charge in [-0.15, -0.1) is 5.10 Å². The summed E-state index contributed by atoms with van der Waals surface area (Å²) in [6, 6.07) is 0. The fraction of sp³-hybridized carbons (Fsp3) is 0.667. The van der Waals surface area contributed by atoms with Crippen LogP contribution in [0.5, 0.6) is 0 Å². The molecule has 0 N–H and O–H groups in total. The Morgan fingerprint density at radius 2 is 2.35 bits per heavy atom. The molecular weight excluding hydrogens is 314 g/mol. The summed E-state index contributed by atoms with van der Waals surface area (Å²) >= 11 is 1.16. The third kappa shape index (κ3) is 3.26. The summed E-state index contributed by atoms with van der Waals surface area (Å²) in [5, 5.41) is 8.01. The second kappa shape index (κ2) is 6.74. The van der Waals surface area contributed by atoms with Gasteiger partial charge in [0.1, 0.15) is 4.88 Å². The number of hydrogen-bond acceptors (Lipinski definition) is 7. The zero-order chi connectivity index (χ0) is 16.4. The number of nitrogens with zero attached hydrogens (tertiary/aromatic N) is 5. The maximum Gasteiger partial charge on any atom is 0.267 e. The van der Waals surface area contributed by atoms with Gasteiger partial charge in [-0.2, -0.15) is 4.98 Å². The van der Waals surface area contributed by atoms with Crippen LogP contribution in [0.15, 0.2) is 4.52 Å². The minimum Gasteiger partial charge on any atom is -0.339 e. The van der Waals surface area contributed by atoms with Crippen molar-refractivity contribution < 1.29 is 9.32 Å². The molecule has 7 nitrogen and oxygen atoms in total. The lowest BCUT2D eigenvalue weighted by Crippen LogP contribution is -2.39. The molecule has 0 bridgehead atoms. The molecule has 1 aliphatic rings. The Hall–Kier alpha value is -1.83. The summed E-state index contributed by atoms with van der Waals surface area (Å²) in [5.74, 6) is 1.81. The molecule has 0 spiro atoms. The first-order chi connectivity index (χ1) is 11.1. The topological polar surface area (TPSA) is 85.0 Å². The number of carbonyl (C=O) groups is 1. The van der Waals surface area contributed by atoms with Crippen molar-refractivity contribution in [2.75, 3.05) is 13.1 Å². The summed E-state index contributed by atoms with van der Waals surface area (Å²) in [6.07, 6.45) is 2.88. The Morgan fingerprint density at radius 1 is 1.52 bits per heavy atom. The van der Waals surface area contributed by atoms with Crippen molar-refractivity contribution in [2.24, 2.45) is 0 Å². The predicted molar refractivity (Wildman–Crippen MR) is 85.5 cm³/mol. The summed E-state index contributed by atoms with van der Waals surface area (Å²) in [5.41, 5.74) is 0.693. The van der Waals surface area contributed by atoms with Gasteiger partial charge >= 0.3 is 0 Å². The molecule has 124 valence electrons. The van der Waals surface area contributed by atoms with Crippen LogP contribution in [-0.4, -0.2) is 43.6 Å². The molecule has 2 aromatic heterocycles. The van der Waals surface area contributed by atoms with Gasteiger partial charge in [-0.1, -0.05) is 23.5 Å². The fourth-order valence-corrected chi connectivity index (χ4v) is 3.36. The Labute approximate surface area is 139 Å². The molecule has 8 heteroatoms. The smallest absolute Gasteiger partial charge is 0.267 e. The molecule has 3 heterocycles. The van der Waals surface area contributed by atoms with Gasteiger partial charge in [0, 0.05) is 19.0 Å². The van der Waals surface area contributed by atoms with E-state index in [0.717, 1.165) is 43.2 Å². The minimum atomic E-state index is 0.00358. The van der Waals surface area contributed by atoms with Gasteiger partial charge in [-0.25, -0.2) is 0 Å². The van der Waals surface area contributed by atoms with E-state index in [-0.39, 0.29) is 11.8 Å². The molecule has 0 aromatic carbocycles. The Balaban J connectivity index is 1.72. The molecule has 1 fully saturated rings. The standard InChI is InChI=1S/C15H21N5O2S/c1-4-9(2)13-16-14(22-18-13)11-6-5-7-20(8-11)15(21)12-10(3)17-19-23-12/h9,11H,4-8H2,1-3H3/t9-,11+/m0/s1. The lowest BCUT2D eigenvalue weighted by molar-refractivity contribution is 0.0699. The SMILES string of the molecule is CC[C@H](C)c1noc([C@@H]2CCCN(C(=O)c3snnc3C)C2)n1. The molecule has 2 atom stereocenters. The number of amides is 1. The first-order valence-electron chi connectivity index (χ1n) is 8.01. The summed E-state index contributed by atoms with van der Waals surface area (Å²) in [7, 11) is 0. The van der Waals surface area contributed by atoms with Gasteiger partial charge in [0.2, 0.25) is 5.89 Å². The van der Waals surface area contributed by atoms with Crippen LogP contribution in [0, 0.1) is 6.92 Å². The first kappa shape index (κ1) is 16.0. The number of rotatable bonds is 4. The quantitative estimate of drug-likeness (QED) is 0.854. The highest BCUT2D eigenvalue weighted by molar-refractivity contribution is 7.07. The van der Waals surface area contributed by atoms with Gasteiger partial charge in [0.25, 0.3) is 5.91 Å². The van der Waals surface area contributed by atoms with E-state index in [9.17, 15) is 4.79 Å². The van der Waals surface area contributed by atoms with Gasteiger partial charge in [0.05, 0.1) is 11.6 Å². The van der Waals surface area contributed by atoms with Crippen LogP contribution in [0.2, 0.25) is 0 Å². The number of likely N-dealkylation sites (tertiary alicyclic amines) is 1. The van der Waals surface area contributed by atoms with E-state index in [0.29, 0.717) is 28.9 Å². The summed E-state index contributed by atoms with van der Waals surface area (Å²) in [4.78, 5) is 19.6. The van der Waals surface area contributed by atoms with Crippen molar-refractivity contribution >= 4 is 17.4 Å². The average Bonchev–Trinajstić information content (AvgIpc) is 3.22. The molecule has 0 radical (unpaired) electrons. The van der Waals surface area contributed by atoms with Gasteiger partial charge in [-0.3, -0.25) is 4.79 Å². The Bertz CT molecular complexity index is 683. The zero-order valence-corrected chi connectivity index (χ0v) is 14.5. The number of carbonyl (C=O) groups excluding carboxylic acids is 1. The molecule has 3 rings (SSSR count). The van der Waals surface area contributed by atoms with E-state index in [1.54, 1.807) is 0 Å². The van der Waals surface area contributed by atoms with Crippen molar-refractivity contribution in [2.45, 2.75) is 51.9 Å². The molecule has 1 amide bonds. The molecule has 1 aliphatic heterocycles. The zero-order valence-electron chi connectivity index (χ0n) is 13.7. The number of aryl methyl sites for hydroxylation is 1. The van der Waals surface area contributed by atoms with Gasteiger partial charge in [0.15, 0.2) is 5.82 Å². The second-order valence-corrected chi connectivity index (χ2v) is 6.83. The average molecular weight is 335 g/mol. The highest BCUT2D eigenvalue weighted by atomic mass is 32.1. The van der Waals surface area contributed by atoms with Crippen molar-refractivity contribution in [1.29, 1.82) is 0 Å². The third-order valence-electron chi connectivity index (χ3n) is 4.41. The first-order valence-corrected chi connectivity index (χ1v) is 8.79. The molecule has 1 saturated heterocycles. The Morgan fingerprint density at radius 3 is 3.04 bits per heavy atom. The number of hydrogen-bond donors (Lipinski definition) is 0. The fourth-order valence-electron chi connectivity index (χ4n) is 2.73. The molecule has 23 heavy (non-hydrogen) atoms. The van der Waals surface area contributed by atoms with Crippen LogP contribution in [-0.2, 0) is 0 Å². The van der Waals surface area contributed by atoms with Crippen LogP contribution in [0.4, 0.5) is 0 Å². The van der Waals surface area contributed by atoms with Crippen LogP contribution >= 0.6 is 11.5 Å². The monoisotopic (exact) mass is 335 g/mol. The molecular formula is C15H21N5O2S. The maximum absolute atomic E-state index is 12.6. The van der Waals surface area contributed by atoms with Crippen molar-refractivity contribution in [3.63, 3.8) is 0 Å². The van der Waals surface area contributed by atoms with Crippen LogP contribution in [0.3, 0.4) is 0 Å². The Kier molecular flexibility index (Phi) is 4.70. The van der Waals surface area contributed by atoms with Crippen molar-refractivity contribution in [1.82, 2.24) is 24.6 Å². The van der Waals surface area contributed by atoms with E-state index in [4.69, 9.17) is 4.52 Å². The maximum atomic E-state index is 12.6. The van der Waals surface area contributed by atoms with Crippen LogP contribution in [0.1, 0.15) is 72.0 Å². The predicted octanol–water partition coefficient (Wildman–Crippen LogP) is 2.76. The van der Waals surface area contributed by atoms with E-state index < -0.39 is 0 Å². The van der Waals surface area contributed by atoms with E-state index >= 15 is 0 Å². The molecule has 0 unspecified atom stereocenters. The lowest BCUT2D eigenvalue weighted by atomic mass is 9.97. The third-order valence-corrected chi connectivity index (χ3v) is 5.23. The van der Waals surface area contributed by atoms with E-state index in [1.165, 1.54) is 0 Å². The summed E-state index contributed by atoms with van der Waals surface area (Å²) in [6.45, 7) is 7.37. The minimum absolute atomic E-state index is 0.00358. The largest absolute Gasteiger partial charge is 0.339 e. The number of aromatic nitrogens is 4. The summed E-state index contributed by atoms with van der Waals surface area (Å²) < 4.78 is 9.30. The van der Waals surface area contributed by atoms with E-state index in [2.05, 4.69) is 33.6 Å².